The molecule has 0 spiro atoms. The monoisotopic (exact) mass is 302 g/mol. The second-order valence-electron chi connectivity index (χ2n) is 3.88. The lowest BCUT2D eigenvalue weighted by molar-refractivity contribution is -0.385. The number of carbonyl (C=O) groups is 1. The molecule has 0 radical (unpaired) electrons. The van der Waals surface area contributed by atoms with E-state index in [2.05, 4.69) is 4.74 Å². The van der Waals surface area contributed by atoms with Crippen LogP contribution in [-0.4, -0.2) is 17.5 Å². The summed E-state index contributed by atoms with van der Waals surface area (Å²) in [6.07, 6.45) is -5.60. The van der Waals surface area contributed by atoms with Crippen molar-refractivity contribution in [3.05, 3.63) is 38.9 Å². The first-order chi connectivity index (χ1) is 9.70. The average molecular weight is 302 g/mol. The average Bonchev–Trinajstić information content (AvgIpc) is 2.36. The molecular weight excluding hydrogens is 293 g/mol. The Morgan fingerprint density at radius 2 is 2.10 bits per heavy atom. The summed E-state index contributed by atoms with van der Waals surface area (Å²) < 4.78 is 43.1. The highest BCUT2D eigenvalue weighted by Gasteiger charge is 2.37. The highest BCUT2D eigenvalue weighted by atomic mass is 19.4. The Hall–Kier alpha value is -2.63. The molecule has 0 aliphatic carbocycles. The highest BCUT2D eigenvalue weighted by Crippen LogP contribution is 2.36. The van der Waals surface area contributed by atoms with Gasteiger partial charge in [-0.15, -0.1) is 0 Å². The van der Waals surface area contributed by atoms with E-state index in [9.17, 15) is 28.1 Å². The maximum Gasteiger partial charge on any atom is 0.417 e. The van der Waals surface area contributed by atoms with Crippen LogP contribution < -0.4 is 0 Å². The third kappa shape index (κ3) is 3.92. The van der Waals surface area contributed by atoms with Gasteiger partial charge in [0.2, 0.25) is 0 Å². The maximum atomic E-state index is 12.9. The number of alkyl halides is 3. The number of ether oxygens (including phenoxy) is 1. The summed E-state index contributed by atoms with van der Waals surface area (Å²) >= 11 is 0. The van der Waals surface area contributed by atoms with Crippen LogP contribution in [0.15, 0.2) is 12.1 Å². The first-order valence-electron chi connectivity index (χ1n) is 5.65. The van der Waals surface area contributed by atoms with Crippen LogP contribution in [0.5, 0.6) is 0 Å². The van der Waals surface area contributed by atoms with E-state index < -0.39 is 45.9 Å². The Morgan fingerprint density at radius 1 is 1.48 bits per heavy atom. The predicted octanol–water partition coefficient (Wildman–Crippen LogP) is 2.59. The lowest BCUT2D eigenvalue weighted by Gasteiger charge is -2.12. The van der Waals surface area contributed by atoms with Crippen LogP contribution in [0.1, 0.15) is 23.6 Å². The van der Waals surface area contributed by atoms with Crippen molar-refractivity contribution in [3.63, 3.8) is 0 Å². The maximum absolute atomic E-state index is 12.9. The van der Waals surface area contributed by atoms with E-state index in [1.54, 1.807) is 0 Å². The van der Waals surface area contributed by atoms with Crippen molar-refractivity contribution in [2.45, 2.75) is 19.5 Å². The molecular formula is C12H9F3N2O4. The quantitative estimate of drug-likeness (QED) is 0.484. The molecule has 1 aromatic rings. The lowest BCUT2D eigenvalue weighted by Crippen LogP contribution is -2.14. The van der Waals surface area contributed by atoms with Crippen LogP contribution in [-0.2, 0) is 22.1 Å². The Morgan fingerprint density at radius 3 is 2.52 bits per heavy atom. The minimum atomic E-state index is -4.94. The van der Waals surface area contributed by atoms with Gasteiger partial charge < -0.3 is 4.74 Å². The van der Waals surface area contributed by atoms with Crippen molar-refractivity contribution in [2.75, 3.05) is 6.61 Å². The summed E-state index contributed by atoms with van der Waals surface area (Å²) in [6.45, 7) is 1.50. The van der Waals surface area contributed by atoms with Gasteiger partial charge in [0.1, 0.15) is 6.07 Å². The van der Waals surface area contributed by atoms with E-state index in [1.807, 2.05) is 0 Å². The fourth-order valence-electron chi connectivity index (χ4n) is 1.65. The zero-order valence-corrected chi connectivity index (χ0v) is 10.7. The molecule has 21 heavy (non-hydrogen) atoms. The minimum absolute atomic E-state index is 0.00176. The molecule has 9 heteroatoms. The zero-order valence-electron chi connectivity index (χ0n) is 10.7. The number of nitriles is 1. The number of halogens is 3. The minimum Gasteiger partial charge on any atom is -0.466 e. The fourth-order valence-corrected chi connectivity index (χ4v) is 1.65. The van der Waals surface area contributed by atoms with E-state index in [0.29, 0.717) is 0 Å². The smallest absolute Gasteiger partial charge is 0.417 e. The van der Waals surface area contributed by atoms with Gasteiger partial charge in [0.05, 0.1) is 29.1 Å². The molecule has 0 bridgehead atoms. The first-order valence-corrected chi connectivity index (χ1v) is 5.65. The Bertz CT molecular complexity index is 620. The van der Waals surface area contributed by atoms with Crippen molar-refractivity contribution >= 4 is 11.7 Å². The van der Waals surface area contributed by atoms with Crippen LogP contribution in [0, 0.1) is 21.4 Å². The number of hydrogen-bond acceptors (Lipinski definition) is 5. The summed E-state index contributed by atoms with van der Waals surface area (Å²) in [5.74, 6) is -0.873. The van der Waals surface area contributed by atoms with Crippen molar-refractivity contribution in [1.82, 2.24) is 0 Å². The van der Waals surface area contributed by atoms with Crippen LogP contribution in [0.4, 0.5) is 18.9 Å². The number of nitro groups is 1. The molecule has 0 saturated heterocycles. The first kappa shape index (κ1) is 16.4. The van der Waals surface area contributed by atoms with Gasteiger partial charge >= 0.3 is 12.1 Å². The van der Waals surface area contributed by atoms with Crippen LogP contribution in [0.3, 0.4) is 0 Å². The fraction of sp³-hybridized carbons (Fsp3) is 0.333. The van der Waals surface area contributed by atoms with E-state index in [0.717, 1.165) is 6.07 Å². The standard InChI is InChI=1S/C12H9F3N2O4/c1-2-21-11(18)4-7-3-8(17(19)20)5-10(9(7)6-16)12(13,14)15/h3,5H,2,4H2,1H3. The summed E-state index contributed by atoms with van der Waals surface area (Å²) in [6, 6.07) is 2.37. The normalized spacial score (nSPS) is 10.8. The number of non-ortho nitro benzene ring substituents is 1. The molecule has 1 rings (SSSR count). The number of nitrogens with zero attached hydrogens (tertiary/aromatic N) is 2. The van der Waals surface area contributed by atoms with E-state index in [-0.39, 0.29) is 12.7 Å². The number of rotatable bonds is 4. The summed E-state index contributed by atoms with van der Waals surface area (Å²) in [5.41, 5.74) is -3.50. The molecule has 6 nitrogen and oxygen atoms in total. The lowest BCUT2D eigenvalue weighted by atomic mass is 9.98. The SMILES string of the molecule is CCOC(=O)Cc1cc([N+](=O)[O-])cc(C(F)(F)F)c1C#N. The van der Waals surface area contributed by atoms with Crippen LogP contribution in [0.25, 0.3) is 0 Å². The molecule has 0 fully saturated rings. The third-order valence-electron chi connectivity index (χ3n) is 2.47. The number of benzene rings is 1. The molecule has 1 aromatic carbocycles. The second-order valence-corrected chi connectivity index (χ2v) is 3.88. The van der Waals surface area contributed by atoms with Crippen molar-refractivity contribution in [3.8, 4) is 6.07 Å². The molecule has 0 amide bonds. The molecule has 0 N–H and O–H groups in total. The topological polar surface area (TPSA) is 93.2 Å². The Kier molecular flexibility index (Phi) is 4.86. The van der Waals surface area contributed by atoms with Gasteiger partial charge in [-0.2, -0.15) is 18.4 Å². The molecule has 0 aliphatic heterocycles. The highest BCUT2D eigenvalue weighted by molar-refractivity contribution is 5.74. The summed E-state index contributed by atoms with van der Waals surface area (Å²) in [4.78, 5) is 21.0. The molecule has 112 valence electrons. The van der Waals surface area contributed by atoms with E-state index in [4.69, 9.17) is 5.26 Å². The molecule has 0 unspecified atom stereocenters. The van der Waals surface area contributed by atoms with Crippen LogP contribution in [0.2, 0.25) is 0 Å². The van der Waals surface area contributed by atoms with Gasteiger partial charge in [0.25, 0.3) is 5.69 Å². The molecule has 0 aliphatic rings. The predicted molar refractivity (Wildman–Crippen MR) is 63.2 cm³/mol. The molecule has 0 saturated carbocycles. The zero-order chi connectivity index (χ0) is 16.2. The summed E-state index contributed by atoms with van der Waals surface area (Å²) in [5, 5.41) is 19.5. The van der Waals surface area contributed by atoms with Gasteiger partial charge in [-0.3, -0.25) is 14.9 Å². The number of carbonyl (C=O) groups excluding carboxylic acids is 1. The Labute approximate surface area is 116 Å². The number of hydrogen-bond donors (Lipinski definition) is 0. The van der Waals surface area contributed by atoms with Crippen molar-refractivity contribution in [2.24, 2.45) is 0 Å². The Balaban J connectivity index is 3.47. The number of esters is 1. The van der Waals surface area contributed by atoms with Crippen LogP contribution >= 0.6 is 0 Å². The third-order valence-corrected chi connectivity index (χ3v) is 2.47. The molecule has 0 heterocycles. The second kappa shape index (κ2) is 6.21. The van der Waals surface area contributed by atoms with Gasteiger partial charge in [-0.05, 0) is 12.5 Å². The van der Waals surface area contributed by atoms with E-state index in [1.165, 1.54) is 13.0 Å². The largest absolute Gasteiger partial charge is 0.466 e. The van der Waals surface area contributed by atoms with Gasteiger partial charge in [0, 0.05) is 12.1 Å². The van der Waals surface area contributed by atoms with Gasteiger partial charge in [0.15, 0.2) is 0 Å². The van der Waals surface area contributed by atoms with E-state index >= 15 is 0 Å². The molecule has 0 aromatic heterocycles. The van der Waals surface area contributed by atoms with Gasteiger partial charge in [-0.25, -0.2) is 0 Å². The van der Waals surface area contributed by atoms with Crippen molar-refractivity contribution < 1.29 is 27.6 Å². The van der Waals surface area contributed by atoms with Gasteiger partial charge in [-0.1, -0.05) is 0 Å². The number of nitro benzene ring substituents is 1. The molecule has 0 atom stereocenters. The summed E-state index contributed by atoms with van der Waals surface area (Å²) in [7, 11) is 0. The van der Waals surface area contributed by atoms with Crippen molar-refractivity contribution in [1.29, 1.82) is 5.26 Å².